The minimum atomic E-state index is -0.259. The number of halogens is 2. The van der Waals surface area contributed by atoms with Crippen molar-refractivity contribution in [3.63, 3.8) is 0 Å². The molecule has 0 saturated carbocycles. The quantitative estimate of drug-likeness (QED) is 0.745. The van der Waals surface area contributed by atoms with Gasteiger partial charge in [-0.15, -0.1) is 12.4 Å². The molecule has 1 aliphatic rings. The topological polar surface area (TPSA) is 50.4 Å². The van der Waals surface area contributed by atoms with E-state index in [2.05, 4.69) is 17.2 Å². The van der Waals surface area contributed by atoms with Crippen LogP contribution in [-0.4, -0.2) is 38.3 Å². The summed E-state index contributed by atoms with van der Waals surface area (Å²) in [6, 6.07) is -0.259. The molecule has 1 atom stereocenters. The molecular formula is C8H14Cl2N2O2. The highest BCUT2D eigenvalue weighted by Gasteiger charge is 2.20. The number of hydrogen-bond acceptors (Lipinski definition) is 3. The zero-order chi connectivity index (χ0) is 9.68. The molecule has 0 unspecified atom stereocenters. The fourth-order valence-electron chi connectivity index (χ4n) is 1.04. The summed E-state index contributed by atoms with van der Waals surface area (Å²) < 4.78 is 5.13. The minimum Gasteiger partial charge on any atom is -0.378 e. The van der Waals surface area contributed by atoms with Crippen molar-refractivity contribution in [2.75, 3.05) is 26.3 Å². The third-order valence-corrected chi connectivity index (χ3v) is 1.83. The van der Waals surface area contributed by atoms with Crippen LogP contribution in [0.4, 0.5) is 0 Å². The smallest absolute Gasteiger partial charge is 0.239 e. The van der Waals surface area contributed by atoms with Gasteiger partial charge >= 0.3 is 0 Å². The zero-order valence-electron chi connectivity index (χ0n) is 7.72. The molecule has 82 valence electrons. The van der Waals surface area contributed by atoms with Crippen molar-refractivity contribution in [2.24, 2.45) is 0 Å². The summed E-state index contributed by atoms with van der Waals surface area (Å²) in [7, 11) is 0. The fraction of sp³-hybridized carbons (Fsp3) is 0.625. The third kappa shape index (κ3) is 4.81. The van der Waals surface area contributed by atoms with Crippen molar-refractivity contribution in [3.8, 4) is 0 Å². The molecule has 2 N–H and O–H groups in total. The molecule has 0 spiro atoms. The van der Waals surface area contributed by atoms with Crippen LogP contribution in [0.2, 0.25) is 0 Å². The Kier molecular flexibility index (Phi) is 6.92. The van der Waals surface area contributed by atoms with E-state index < -0.39 is 0 Å². The highest BCUT2D eigenvalue weighted by molar-refractivity contribution is 6.29. The molecule has 0 bridgehead atoms. The van der Waals surface area contributed by atoms with Crippen LogP contribution in [0.15, 0.2) is 11.6 Å². The third-order valence-electron chi connectivity index (χ3n) is 1.69. The Balaban J connectivity index is 0.00000169. The maximum Gasteiger partial charge on any atom is 0.239 e. The molecule has 1 amide bonds. The molecular weight excluding hydrogens is 227 g/mol. The van der Waals surface area contributed by atoms with E-state index in [0.29, 0.717) is 31.3 Å². The maximum atomic E-state index is 11.3. The monoisotopic (exact) mass is 240 g/mol. The van der Waals surface area contributed by atoms with Gasteiger partial charge < -0.3 is 15.4 Å². The maximum absolute atomic E-state index is 11.3. The predicted octanol–water partition coefficient (Wildman–Crippen LogP) is 0.265. The molecule has 1 fully saturated rings. The van der Waals surface area contributed by atoms with Gasteiger partial charge in [0.1, 0.15) is 6.04 Å². The summed E-state index contributed by atoms with van der Waals surface area (Å²) in [5, 5.41) is 6.09. The van der Waals surface area contributed by atoms with Gasteiger partial charge in [-0.05, 0) is 0 Å². The van der Waals surface area contributed by atoms with E-state index in [-0.39, 0.29) is 24.4 Å². The van der Waals surface area contributed by atoms with Gasteiger partial charge in [-0.2, -0.15) is 0 Å². The zero-order valence-corrected chi connectivity index (χ0v) is 9.29. The standard InChI is InChI=1S/C8H13ClN2O2.ClH/c1-6(9)4-11-8(12)7-5-13-3-2-10-7;/h7,10H,1-5H2,(H,11,12);1H/t7-;/m1./s1. The molecule has 4 nitrogen and oxygen atoms in total. The minimum absolute atomic E-state index is 0. The second-order valence-corrected chi connectivity index (χ2v) is 3.35. The summed E-state index contributed by atoms with van der Waals surface area (Å²) >= 11 is 5.50. The van der Waals surface area contributed by atoms with Gasteiger partial charge in [0.05, 0.1) is 19.8 Å². The summed E-state index contributed by atoms with van der Waals surface area (Å²) in [4.78, 5) is 11.3. The van der Waals surface area contributed by atoms with Crippen molar-refractivity contribution in [3.05, 3.63) is 11.6 Å². The molecule has 1 rings (SSSR count). The first-order valence-electron chi connectivity index (χ1n) is 4.12. The van der Waals surface area contributed by atoms with Crippen molar-refractivity contribution in [2.45, 2.75) is 6.04 Å². The summed E-state index contributed by atoms with van der Waals surface area (Å²) in [6.45, 7) is 5.56. The van der Waals surface area contributed by atoms with Gasteiger partial charge in [0.15, 0.2) is 0 Å². The van der Waals surface area contributed by atoms with Crippen molar-refractivity contribution in [1.82, 2.24) is 10.6 Å². The lowest BCUT2D eigenvalue weighted by molar-refractivity contribution is -0.125. The lowest BCUT2D eigenvalue weighted by Crippen LogP contribution is -2.51. The molecule has 0 radical (unpaired) electrons. The molecule has 0 aromatic carbocycles. The number of carbonyl (C=O) groups excluding carboxylic acids is 1. The van der Waals surface area contributed by atoms with E-state index in [9.17, 15) is 4.79 Å². The van der Waals surface area contributed by atoms with Crippen LogP contribution in [-0.2, 0) is 9.53 Å². The molecule has 0 aromatic rings. The number of ether oxygens (including phenoxy) is 1. The Hall–Kier alpha value is -0.290. The molecule has 1 saturated heterocycles. The Labute approximate surface area is 94.4 Å². The van der Waals surface area contributed by atoms with Crippen molar-refractivity contribution in [1.29, 1.82) is 0 Å². The van der Waals surface area contributed by atoms with Crippen LogP contribution >= 0.6 is 24.0 Å². The molecule has 0 aliphatic carbocycles. The van der Waals surface area contributed by atoms with E-state index in [1.807, 2.05) is 0 Å². The number of carbonyl (C=O) groups is 1. The Morgan fingerprint density at radius 2 is 2.43 bits per heavy atom. The van der Waals surface area contributed by atoms with Gasteiger partial charge in [-0.3, -0.25) is 4.79 Å². The first kappa shape index (κ1) is 13.7. The van der Waals surface area contributed by atoms with E-state index >= 15 is 0 Å². The molecule has 1 aliphatic heterocycles. The Morgan fingerprint density at radius 3 is 2.93 bits per heavy atom. The van der Waals surface area contributed by atoms with Gasteiger partial charge in [0, 0.05) is 11.6 Å². The van der Waals surface area contributed by atoms with Crippen LogP contribution < -0.4 is 10.6 Å². The van der Waals surface area contributed by atoms with Crippen LogP contribution in [0.1, 0.15) is 0 Å². The van der Waals surface area contributed by atoms with Gasteiger partial charge in [-0.1, -0.05) is 18.2 Å². The highest BCUT2D eigenvalue weighted by Crippen LogP contribution is 1.95. The largest absolute Gasteiger partial charge is 0.378 e. The van der Waals surface area contributed by atoms with Crippen molar-refractivity contribution < 1.29 is 9.53 Å². The van der Waals surface area contributed by atoms with Gasteiger partial charge in [0.2, 0.25) is 5.91 Å². The number of morpholine rings is 1. The lowest BCUT2D eigenvalue weighted by atomic mass is 10.2. The number of nitrogens with one attached hydrogen (secondary N) is 2. The van der Waals surface area contributed by atoms with E-state index in [0.717, 1.165) is 0 Å². The predicted molar refractivity (Wildman–Crippen MR) is 57.9 cm³/mol. The van der Waals surface area contributed by atoms with Crippen LogP contribution in [0.25, 0.3) is 0 Å². The van der Waals surface area contributed by atoms with E-state index in [4.69, 9.17) is 16.3 Å². The Morgan fingerprint density at radius 1 is 1.71 bits per heavy atom. The van der Waals surface area contributed by atoms with Gasteiger partial charge in [-0.25, -0.2) is 0 Å². The first-order chi connectivity index (χ1) is 6.20. The number of hydrogen-bond donors (Lipinski definition) is 2. The van der Waals surface area contributed by atoms with E-state index in [1.54, 1.807) is 0 Å². The average Bonchev–Trinajstić information content (AvgIpc) is 2.15. The van der Waals surface area contributed by atoms with Crippen molar-refractivity contribution >= 4 is 29.9 Å². The summed E-state index contributed by atoms with van der Waals surface area (Å²) in [5.41, 5.74) is 0. The molecule has 1 heterocycles. The second kappa shape index (κ2) is 7.06. The summed E-state index contributed by atoms with van der Waals surface area (Å²) in [6.07, 6.45) is 0. The summed E-state index contributed by atoms with van der Waals surface area (Å²) in [5.74, 6) is -0.0958. The molecule has 6 heteroatoms. The lowest BCUT2D eigenvalue weighted by Gasteiger charge is -2.22. The normalized spacial score (nSPS) is 20.8. The molecule has 0 aromatic heterocycles. The highest BCUT2D eigenvalue weighted by atomic mass is 35.5. The SMILES string of the molecule is C=C(Cl)CNC(=O)[C@H]1COCCN1.Cl. The van der Waals surface area contributed by atoms with Crippen LogP contribution in [0, 0.1) is 0 Å². The number of amides is 1. The van der Waals surface area contributed by atoms with Crippen LogP contribution in [0.5, 0.6) is 0 Å². The fourth-order valence-corrected chi connectivity index (χ4v) is 1.11. The molecule has 14 heavy (non-hydrogen) atoms. The van der Waals surface area contributed by atoms with Crippen LogP contribution in [0.3, 0.4) is 0 Å². The average molecular weight is 241 g/mol. The second-order valence-electron chi connectivity index (χ2n) is 2.82. The Bertz CT molecular complexity index is 206. The van der Waals surface area contributed by atoms with E-state index in [1.165, 1.54) is 0 Å². The van der Waals surface area contributed by atoms with Gasteiger partial charge in [0.25, 0.3) is 0 Å². The number of rotatable bonds is 3. The first-order valence-corrected chi connectivity index (χ1v) is 4.50.